The smallest absolute Gasteiger partial charge is 0.0611 e. The van der Waals surface area contributed by atoms with Gasteiger partial charge in [-0.2, -0.15) is 0 Å². The molecule has 3 heteroatoms. The molecule has 0 saturated carbocycles. The predicted molar refractivity (Wildman–Crippen MR) is 75.4 cm³/mol. The highest BCUT2D eigenvalue weighted by Gasteiger charge is 2.26. The Morgan fingerprint density at radius 3 is 2.18 bits per heavy atom. The number of aliphatic hydroxyl groups excluding tert-OH is 1. The zero-order valence-electron chi connectivity index (χ0n) is 12.6. The van der Waals surface area contributed by atoms with Crippen molar-refractivity contribution >= 4 is 0 Å². The molecule has 0 aliphatic carbocycles. The number of hydrogen-bond acceptors (Lipinski definition) is 3. The van der Waals surface area contributed by atoms with Crippen LogP contribution >= 0.6 is 0 Å². The van der Waals surface area contributed by atoms with Crippen LogP contribution in [0.3, 0.4) is 0 Å². The van der Waals surface area contributed by atoms with Gasteiger partial charge >= 0.3 is 0 Å². The van der Waals surface area contributed by atoms with Crippen LogP contribution in [0, 0.1) is 0 Å². The van der Waals surface area contributed by atoms with E-state index >= 15 is 0 Å². The highest BCUT2D eigenvalue weighted by Crippen LogP contribution is 2.19. The Kier molecular flexibility index (Phi) is 7.29. The average Bonchev–Trinajstić information content (AvgIpc) is 2.33. The molecule has 0 aromatic carbocycles. The fourth-order valence-corrected chi connectivity index (χ4v) is 1.64. The molecular formula is C14H32N2O. The van der Waals surface area contributed by atoms with Gasteiger partial charge in [0.05, 0.1) is 6.61 Å². The lowest BCUT2D eigenvalue weighted by Crippen LogP contribution is -2.50. The van der Waals surface area contributed by atoms with Gasteiger partial charge in [-0.25, -0.2) is 0 Å². The van der Waals surface area contributed by atoms with Gasteiger partial charge in [0.2, 0.25) is 0 Å². The molecular weight excluding hydrogens is 212 g/mol. The lowest BCUT2D eigenvalue weighted by Gasteiger charge is -2.38. The van der Waals surface area contributed by atoms with E-state index in [1.54, 1.807) is 0 Å². The van der Waals surface area contributed by atoms with E-state index in [0.717, 1.165) is 32.4 Å². The van der Waals surface area contributed by atoms with Crippen LogP contribution in [0.5, 0.6) is 0 Å². The molecule has 0 radical (unpaired) electrons. The maximum absolute atomic E-state index is 9.50. The molecule has 0 fully saturated rings. The zero-order chi connectivity index (χ0) is 13.5. The normalized spacial score (nSPS) is 16.2. The third kappa shape index (κ3) is 5.84. The van der Waals surface area contributed by atoms with Crippen molar-refractivity contribution in [3.63, 3.8) is 0 Å². The van der Waals surface area contributed by atoms with Crippen molar-refractivity contribution in [2.24, 2.45) is 0 Å². The lowest BCUT2D eigenvalue weighted by atomic mass is 9.95. The molecule has 2 N–H and O–H groups in total. The summed E-state index contributed by atoms with van der Waals surface area (Å²) in [7, 11) is 2.17. The summed E-state index contributed by atoms with van der Waals surface area (Å²) in [6, 6.07) is 0. The average molecular weight is 244 g/mol. The van der Waals surface area contributed by atoms with Crippen LogP contribution < -0.4 is 5.32 Å². The van der Waals surface area contributed by atoms with Gasteiger partial charge in [0.25, 0.3) is 0 Å². The van der Waals surface area contributed by atoms with E-state index in [-0.39, 0.29) is 17.7 Å². The molecule has 0 aliphatic heterocycles. The van der Waals surface area contributed by atoms with Crippen LogP contribution in [0.2, 0.25) is 0 Å². The van der Waals surface area contributed by atoms with Gasteiger partial charge in [0.15, 0.2) is 0 Å². The molecule has 0 bridgehead atoms. The molecule has 0 spiro atoms. The monoisotopic (exact) mass is 244 g/mol. The van der Waals surface area contributed by atoms with Gasteiger partial charge in [-0.3, -0.25) is 0 Å². The van der Waals surface area contributed by atoms with Crippen LogP contribution in [0.1, 0.15) is 53.9 Å². The summed E-state index contributed by atoms with van der Waals surface area (Å²) >= 11 is 0. The fraction of sp³-hybridized carbons (Fsp3) is 1.00. The van der Waals surface area contributed by atoms with Crippen molar-refractivity contribution in [3.8, 4) is 0 Å². The third-order valence-electron chi connectivity index (χ3n) is 4.05. The molecule has 104 valence electrons. The zero-order valence-corrected chi connectivity index (χ0v) is 12.6. The third-order valence-corrected chi connectivity index (χ3v) is 4.05. The molecule has 0 aromatic rings. The Morgan fingerprint density at radius 1 is 1.18 bits per heavy atom. The summed E-state index contributed by atoms with van der Waals surface area (Å²) in [5, 5.41) is 12.9. The van der Waals surface area contributed by atoms with E-state index < -0.39 is 0 Å². The van der Waals surface area contributed by atoms with Crippen LogP contribution in [-0.4, -0.2) is 47.8 Å². The molecule has 0 saturated heterocycles. The number of aliphatic hydroxyl groups is 1. The maximum atomic E-state index is 9.50. The SMILES string of the molecule is CCCNC(C)(CO)CCN(C)C(C)(C)CC. The molecule has 0 amide bonds. The van der Waals surface area contributed by atoms with Crippen molar-refractivity contribution in [3.05, 3.63) is 0 Å². The van der Waals surface area contributed by atoms with Crippen LogP contribution in [-0.2, 0) is 0 Å². The highest BCUT2D eigenvalue weighted by molar-refractivity contribution is 4.85. The standard InChI is InChI=1S/C14H32N2O/c1-7-10-15-14(5,12-17)9-11-16(6)13(3,4)8-2/h15,17H,7-12H2,1-6H3. The Balaban J connectivity index is 4.22. The second-order valence-corrected chi connectivity index (χ2v) is 5.98. The number of rotatable bonds is 9. The number of nitrogens with one attached hydrogen (secondary N) is 1. The second kappa shape index (κ2) is 7.34. The highest BCUT2D eigenvalue weighted by atomic mass is 16.3. The first-order valence-corrected chi connectivity index (χ1v) is 6.88. The first kappa shape index (κ1) is 16.9. The van der Waals surface area contributed by atoms with E-state index in [9.17, 15) is 5.11 Å². The van der Waals surface area contributed by atoms with Crippen molar-refractivity contribution in [1.29, 1.82) is 0 Å². The van der Waals surface area contributed by atoms with Gasteiger partial charge in [-0.1, -0.05) is 13.8 Å². The van der Waals surface area contributed by atoms with Crippen molar-refractivity contribution in [1.82, 2.24) is 10.2 Å². The van der Waals surface area contributed by atoms with E-state index in [2.05, 4.69) is 51.9 Å². The molecule has 0 aliphatic rings. The van der Waals surface area contributed by atoms with Gasteiger partial charge < -0.3 is 15.3 Å². The van der Waals surface area contributed by atoms with Crippen LogP contribution in [0.15, 0.2) is 0 Å². The molecule has 17 heavy (non-hydrogen) atoms. The Bertz CT molecular complexity index is 206. The molecule has 1 unspecified atom stereocenters. The largest absolute Gasteiger partial charge is 0.394 e. The first-order chi connectivity index (χ1) is 7.81. The van der Waals surface area contributed by atoms with Gasteiger partial charge in [-0.15, -0.1) is 0 Å². The molecule has 1 atom stereocenters. The van der Waals surface area contributed by atoms with Crippen LogP contribution in [0.25, 0.3) is 0 Å². The minimum absolute atomic E-state index is 0.145. The minimum Gasteiger partial charge on any atom is -0.394 e. The summed E-state index contributed by atoms with van der Waals surface area (Å²) in [4.78, 5) is 2.38. The van der Waals surface area contributed by atoms with E-state index in [0.29, 0.717) is 0 Å². The van der Waals surface area contributed by atoms with Gasteiger partial charge in [0, 0.05) is 17.6 Å². The summed E-state index contributed by atoms with van der Waals surface area (Å²) in [6.07, 6.45) is 3.22. The van der Waals surface area contributed by atoms with Gasteiger partial charge in [-0.05, 0) is 53.6 Å². The summed E-state index contributed by atoms with van der Waals surface area (Å²) in [5.41, 5.74) is 0.0925. The topological polar surface area (TPSA) is 35.5 Å². The van der Waals surface area contributed by atoms with Crippen LogP contribution in [0.4, 0.5) is 0 Å². The molecule has 0 heterocycles. The minimum atomic E-state index is -0.145. The Hall–Kier alpha value is -0.120. The molecule has 0 rings (SSSR count). The number of hydrogen-bond donors (Lipinski definition) is 2. The lowest BCUT2D eigenvalue weighted by molar-refractivity contribution is 0.109. The number of nitrogens with zero attached hydrogens (tertiary/aromatic N) is 1. The Morgan fingerprint density at radius 2 is 1.76 bits per heavy atom. The molecule has 3 nitrogen and oxygen atoms in total. The summed E-state index contributed by atoms with van der Waals surface area (Å²) < 4.78 is 0. The summed E-state index contributed by atoms with van der Waals surface area (Å²) in [5.74, 6) is 0. The maximum Gasteiger partial charge on any atom is 0.0611 e. The Labute approximate surface area is 108 Å². The van der Waals surface area contributed by atoms with Crippen molar-refractivity contribution in [2.75, 3.05) is 26.7 Å². The van der Waals surface area contributed by atoms with Crippen molar-refractivity contribution in [2.45, 2.75) is 65.0 Å². The van der Waals surface area contributed by atoms with Crippen molar-refractivity contribution < 1.29 is 5.11 Å². The molecule has 0 aromatic heterocycles. The van der Waals surface area contributed by atoms with E-state index in [1.807, 2.05) is 0 Å². The summed E-state index contributed by atoms with van der Waals surface area (Å²) in [6.45, 7) is 13.2. The quantitative estimate of drug-likeness (QED) is 0.653. The second-order valence-electron chi connectivity index (χ2n) is 5.98. The van der Waals surface area contributed by atoms with E-state index in [4.69, 9.17) is 0 Å². The predicted octanol–water partition coefficient (Wildman–Crippen LogP) is 2.25. The first-order valence-electron chi connectivity index (χ1n) is 6.88. The van der Waals surface area contributed by atoms with Gasteiger partial charge in [0.1, 0.15) is 0 Å². The van der Waals surface area contributed by atoms with E-state index in [1.165, 1.54) is 0 Å². The fourth-order valence-electron chi connectivity index (χ4n) is 1.64.